The Morgan fingerprint density at radius 1 is 0.959 bits per heavy atom. The molecule has 1 atom stereocenters. The molecule has 1 fully saturated rings. The molecule has 10 nitrogen and oxygen atoms in total. The molecule has 5 heterocycles. The third-order valence-electron chi connectivity index (χ3n) is 9.69. The van der Waals surface area contributed by atoms with Crippen molar-refractivity contribution in [2.24, 2.45) is 5.41 Å². The third kappa shape index (κ3) is 6.68. The number of nitrogens with zero attached hydrogens (tertiary/aromatic N) is 6. The minimum absolute atomic E-state index is 0.0586. The van der Waals surface area contributed by atoms with Crippen molar-refractivity contribution in [1.29, 1.82) is 0 Å². The van der Waals surface area contributed by atoms with Crippen molar-refractivity contribution in [2.45, 2.75) is 32.6 Å². The number of anilines is 1. The van der Waals surface area contributed by atoms with Gasteiger partial charge in [-0.3, -0.25) is 24.6 Å². The number of pyridine rings is 1. The van der Waals surface area contributed by atoms with Crippen molar-refractivity contribution >= 4 is 34.0 Å². The Morgan fingerprint density at radius 3 is 2.49 bits per heavy atom. The molecule has 49 heavy (non-hydrogen) atoms. The molecule has 1 saturated heterocycles. The molecule has 2 amide bonds. The number of rotatable bonds is 9. The lowest BCUT2D eigenvalue weighted by Crippen LogP contribution is -2.43. The van der Waals surface area contributed by atoms with E-state index in [9.17, 15) is 18.4 Å². The Bertz CT molecular complexity index is 2010. The van der Waals surface area contributed by atoms with Gasteiger partial charge in [-0.05, 0) is 73.3 Å². The first kappa shape index (κ1) is 32.2. The second-order valence-electron chi connectivity index (χ2n) is 12.6. The number of alkyl halides is 2. The van der Waals surface area contributed by atoms with Gasteiger partial charge in [0, 0.05) is 60.4 Å². The van der Waals surface area contributed by atoms with E-state index in [2.05, 4.69) is 53.6 Å². The lowest BCUT2D eigenvalue weighted by molar-refractivity contribution is -0.132. The second-order valence-corrected chi connectivity index (χ2v) is 12.6. The molecule has 0 bridgehead atoms. The van der Waals surface area contributed by atoms with Gasteiger partial charge >= 0.3 is 0 Å². The lowest BCUT2D eigenvalue weighted by Gasteiger charge is -2.30. The van der Waals surface area contributed by atoms with Gasteiger partial charge < -0.3 is 10.2 Å². The molecule has 12 heteroatoms. The topological polar surface area (TPSA) is 120 Å². The number of carbonyl (C=O) groups is 2. The molecular formula is C37H36F2N8O2. The van der Waals surface area contributed by atoms with Crippen LogP contribution in [-0.4, -0.2) is 79.5 Å². The van der Waals surface area contributed by atoms with E-state index in [0.717, 1.165) is 23.1 Å². The van der Waals surface area contributed by atoms with Gasteiger partial charge in [-0.15, -0.1) is 0 Å². The number of halogens is 2. The molecule has 3 aromatic heterocycles. The number of H-pyrrole nitrogens is 1. The summed E-state index contributed by atoms with van der Waals surface area (Å²) in [7, 11) is 0. The normalized spacial score (nSPS) is 18.2. The Balaban J connectivity index is 0.967. The number of hydrogen-bond acceptors (Lipinski definition) is 7. The maximum Gasteiger partial charge on any atom is 0.280 e. The maximum atomic E-state index is 13.8. The number of benzene rings is 2. The van der Waals surface area contributed by atoms with Crippen LogP contribution in [0.3, 0.4) is 0 Å². The van der Waals surface area contributed by atoms with E-state index in [1.165, 1.54) is 17.8 Å². The van der Waals surface area contributed by atoms with Crippen molar-refractivity contribution in [3.05, 3.63) is 96.6 Å². The number of nitrogens with one attached hydrogen (secondary N) is 2. The smallest absolute Gasteiger partial charge is 0.280 e. The summed E-state index contributed by atoms with van der Waals surface area (Å²) >= 11 is 0. The first-order valence-corrected chi connectivity index (χ1v) is 16.4. The molecule has 250 valence electrons. The van der Waals surface area contributed by atoms with Crippen molar-refractivity contribution in [2.75, 3.05) is 38.0 Å². The Kier molecular flexibility index (Phi) is 8.96. The lowest BCUT2D eigenvalue weighted by atomic mass is 9.83. The number of aromatic nitrogens is 5. The van der Waals surface area contributed by atoms with Crippen molar-refractivity contribution in [3.8, 4) is 22.6 Å². The van der Waals surface area contributed by atoms with E-state index in [1.54, 1.807) is 36.7 Å². The monoisotopic (exact) mass is 662 g/mol. The SMILES string of the molecule is CC[C@@]1(C(=O)Nc2ccc3[nH]nc(-c4ccnc(C(F)F)c4)c3c2)CCN(CC(=O)N2CC=C(c3ccc(-c4ncccn4)cc3)CC2)C1. The highest BCUT2D eigenvalue weighted by molar-refractivity contribution is 6.00. The first-order chi connectivity index (χ1) is 23.8. The Morgan fingerprint density at radius 2 is 1.76 bits per heavy atom. The number of likely N-dealkylation sites (tertiary alicyclic amines) is 1. The standard InChI is InChI=1S/C37H36F2N8O2/c1-2-37(36(49)43-28-8-9-30-29(21-28)33(45-44-30)27-10-16-40-31(20-27)34(38)39)13-19-46(23-37)22-32(48)47-17-11-25(12-18-47)24-4-6-26(7-5-24)35-41-14-3-15-42-35/h3-11,14-16,20-21,34H,2,12-13,17-19,22-23H2,1H3,(H,43,49)(H,44,45)/t37-/m1/s1. The third-order valence-corrected chi connectivity index (χ3v) is 9.69. The zero-order valence-corrected chi connectivity index (χ0v) is 27.1. The number of fused-ring (bicyclic) bond motifs is 1. The number of amides is 2. The molecule has 0 spiro atoms. The zero-order chi connectivity index (χ0) is 34.0. The highest BCUT2D eigenvalue weighted by Crippen LogP contribution is 2.36. The van der Waals surface area contributed by atoms with Crippen LogP contribution in [0.2, 0.25) is 0 Å². The molecule has 0 saturated carbocycles. The quantitative estimate of drug-likeness (QED) is 0.188. The van der Waals surface area contributed by atoms with Crippen molar-refractivity contribution in [1.82, 2.24) is 34.9 Å². The van der Waals surface area contributed by atoms with Gasteiger partial charge in [-0.1, -0.05) is 37.3 Å². The highest BCUT2D eigenvalue weighted by Gasteiger charge is 2.43. The van der Waals surface area contributed by atoms with Crippen LogP contribution in [0, 0.1) is 5.41 Å². The summed E-state index contributed by atoms with van der Waals surface area (Å²) in [4.78, 5) is 43.4. The summed E-state index contributed by atoms with van der Waals surface area (Å²) in [5, 5.41) is 11.1. The van der Waals surface area contributed by atoms with Gasteiger partial charge in [-0.25, -0.2) is 18.7 Å². The van der Waals surface area contributed by atoms with Gasteiger partial charge in [0.2, 0.25) is 11.8 Å². The largest absolute Gasteiger partial charge is 0.338 e. The van der Waals surface area contributed by atoms with Crippen LogP contribution in [0.25, 0.3) is 39.1 Å². The minimum Gasteiger partial charge on any atom is -0.338 e. The number of hydrogen-bond donors (Lipinski definition) is 2. The molecule has 0 radical (unpaired) electrons. The fraction of sp³-hybridized carbons (Fsp3) is 0.297. The van der Waals surface area contributed by atoms with E-state index < -0.39 is 11.8 Å². The molecule has 2 aromatic carbocycles. The van der Waals surface area contributed by atoms with Crippen LogP contribution in [-0.2, 0) is 9.59 Å². The predicted octanol–water partition coefficient (Wildman–Crippen LogP) is 6.38. The molecule has 2 aliphatic heterocycles. The van der Waals surface area contributed by atoms with Gasteiger partial charge in [-0.2, -0.15) is 5.10 Å². The number of carbonyl (C=O) groups excluding carboxylic acids is 2. The zero-order valence-electron chi connectivity index (χ0n) is 27.1. The molecule has 7 rings (SSSR count). The number of aromatic amines is 1. The van der Waals surface area contributed by atoms with Crippen LogP contribution < -0.4 is 5.32 Å². The minimum atomic E-state index is -2.69. The van der Waals surface area contributed by atoms with E-state index in [0.29, 0.717) is 67.2 Å². The van der Waals surface area contributed by atoms with Crippen molar-refractivity contribution < 1.29 is 18.4 Å². The van der Waals surface area contributed by atoms with Gasteiger partial charge in [0.05, 0.1) is 17.5 Å². The molecule has 2 aliphatic rings. The summed E-state index contributed by atoms with van der Waals surface area (Å²) in [6, 6.07) is 18.4. The van der Waals surface area contributed by atoms with Gasteiger partial charge in [0.25, 0.3) is 6.43 Å². The fourth-order valence-electron chi connectivity index (χ4n) is 6.75. The Labute approximate surface area is 282 Å². The maximum absolute atomic E-state index is 13.8. The predicted molar refractivity (Wildman–Crippen MR) is 183 cm³/mol. The fourth-order valence-corrected chi connectivity index (χ4v) is 6.75. The van der Waals surface area contributed by atoms with Crippen LogP contribution >= 0.6 is 0 Å². The van der Waals surface area contributed by atoms with Crippen molar-refractivity contribution in [3.63, 3.8) is 0 Å². The van der Waals surface area contributed by atoms with Crippen LogP contribution in [0.5, 0.6) is 0 Å². The van der Waals surface area contributed by atoms with E-state index in [4.69, 9.17) is 0 Å². The van der Waals surface area contributed by atoms with Crippen LogP contribution in [0.15, 0.2) is 85.3 Å². The average molecular weight is 663 g/mol. The summed E-state index contributed by atoms with van der Waals surface area (Å²) in [5.74, 6) is 0.646. The average Bonchev–Trinajstić information content (AvgIpc) is 3.77. The summed E-state index contributed by atoms with van der Waals surface area (Å²) in [5.41, 5.74) is 4.66. The molecule has 0 unspecified atom stereocenters. The van der Waals surface area contributed by atoms with Gasteiger partial charge in [0.15, 0.2) is 5.82 Å². The van der Waals surface area contributed by atoms with E-state index in [1.807, 2.05) is 30.0 Å². The first-order valence-electron chi connectivity index (χ1n) is 16.4. The summed E-state index contributed by atoms with van der Waals surface area (Å²) in [6.07, 6.45) is 6.27. The molecule has 0 aliphatic carbocycles. The second kappa shape index (κ2) is 13.6. The van der Waals surface area contributed by atoms with E-state index >= 15 is 0 Å². The van der Waals surface area contributed by atoms with Gasteiger partial charge in [0.1, 0.15) is 11.4 Å². The Hall–Kier alpha value is -5.36. The molecule has 5 aromatic rings. The molecule has 2 N–H and O–H groups in total. The summed E-state index contributed by atoms with van der Waals surface area (Å²) in [6.45, 7) is 4.59. The van der Waals surface area contributed by atoms with Crippen LogP contribution in [0.4, 0.5) is 14.5 Å². The summed E-state index contributed by atoms with van der Waals surface area (Å²) < 4.78 is 26.6. The highest BCUT2D eigenvalue weighted by atomic mass is 19.3. The van der Waals surface area contributed by atoms with Crippen LogP contribution in [0.1, 0.15) is 43.9 Å². The molecular weight excluding hydrogens is 626 g/mol. The van der Waals surface area contributed by atoms with E-state index in [-0.39, 0.29) is 24.1 Å².